The maximum atomic E-state index is 12.8. The summed E-state index contributed by atoms with van der Waals surface area (Å²) in [5.41, 5.74) is 0.376. The van der Waals surface area contributed by atoms with E-state index in [0.717, 1.165) is 17.2 Å². The number of aromatic amines is 2. The number of hydrogen-bond donors (Lipinski definition) is 3. The molecule has 0 aliphatic carbocycles. The van der Waals surface area contributed by atoms with Gasteiger partial charge >= 0.3 is 5.69 Å². The van der Waals surface area contributed by atoms with E-state index in [4.69, 9.17) is 0 Å². The van der Waals surface area contributed by atoms with Gasteiger partial charge in [0.15, 0.2) is 0 Å². The van der Waals surface area contributed by atoms with Gasteiger partial charge in [-0.25, -0.2) is 4.79 Å². The monoisotopic (exact) mass is 321 g/mol. The van der Waals surface area contributed by atoms with E-state index in [1.54, 1.807) is 0 Å². The number of nitrogens with one attached hydrogen (secondary N) is 3. The molecule has 0 aliphatic rings. The molecular formula is C18H15N3O3. The van der Waals surface area contributed by atoms with Crippen LogP contribution in [0, 0.1) is 0 Å². The zero-order valence-corrected chi connectivity index (χ0v) is 12.7. The number of anilines is 1. The van der Waals surface area contributed by atoms with Crippen LogP contribution in [0.15, 0.2) is 76.3 Å². The fourth-order valence-corrected chi connectivity index (χ4v) is 2.53. The van der Waals surface area contributed by atoms with Crippen LogP contribution in [-0.2, 0) is 4.79 Å². The van der Waals surface area contributed by atoms with Crippen molar-refractivity contribution in [3.8, 4) is 0 Å². The molecule has 0 atom stereocenters. The molecule has 0 fully saturated rings. The zero-order chi connectivity index (χ0) is 16.9. The first-order valence-electron chi connectivity index (χ1n) is 7.38. The Kier molecular flexibility index (Phi) is 4.38. The third kappa shape index (κ3) is 3.49. The fraction of sp³-hybridized carbons (Fsp3) is 0.0556. The lowest BCUT2D eigenvalue weighted by Gasteiger charge is -2.17. The van der Waals surface area contributed by atoms with Gasteiger partial charge in [-0.2, -0.15) is 0 Å². The minimum Gasteiger partial charge on any atom is -0.311 e. The van der Waals surface area contributed by atoms with Crippen molar-refractivity contribution < 1.29 is 4.79 Å². The van der Waals surface area contributed by atoms with E-state index in [1.807, 2.05) is 60.7 Å². The SMILES string of the molecule is O=C(Nc1cc(=O)[nH]c(=O)[nH]1)C(c1ccccc1)c1ccccc1. The van der Waals surface area contributed by atoms with Gasteiger partial charge in [0, 0.05) is 6.07 Å². The lowest BCUT2D eigenvalue weighted by molar-refractivity contribution is -0.116. The molecule has 0 unspecified atom stereocenters. The summed E-state index contributed by atoms with van der Waals surface area (Å²) in [4.78, 5) is 40.0. The number of hydrogen-bond acceptors (Lipinski definition) is 3. The highest BCUT2D eigenvalue weighted by Gasteiger charge is 2.22. The predicted molar refractivity (Wildman–Crippen MR) is 91.0 cm³/mol. The molecule has 3 aromatic rings. The Labute approximate surface area is 137 Å². The molecule has 0 bridgehead atoms. The van der Waals surface area contributed by atoms with Crippen LogP contribution in [0.4, 0.5) is 5.82 Å². The van der Waals surface area contributed by atoms with Crippen LogP contribution < -0.4 is 16.6 Å². The molecule has 2 aromatic carbocycles. The van der Waals surface area contributed by atoms with Gasteiger partial charge in [-0.15, -0.1) is 0 Å². The second-order valence-corrected chi connectivity index (χ2v) is 5.25. The minimum absolute atomic E-state index is 0.0608. The van der Waals surface area contributed by atoms with Crippen molar-refractivity contribution in [2.24, 2.45) is 0 Å². The number of H-pyrrole nitrogens is 2. The van der Waals surface area contributed by atoms with Crippen molar-refractivity contribution >= 4 is 11.7 Å². The molecule has 0 saturated heterocycles. The van der Waals surface area contributed by atoms with Crippen LogP contribution in [-0.4, -0.2) is 15.9 Å². The van der Waals surface area contributed by atoms with Gasteiger partial charge in [-0.1, -0.05) is 60.7 Å². The maximum absolute atomic E-state index is 12.8. The number of amides is 1. The highest BCUT2D eigenvalue weighted by Crippen LogP contribution is 2.25. The normalized spacial score (nSPS) is 10.5. The lowest BCUT2D eigenvalue weighted by atomic mass is 9.90. The van der Waals surface area contributed by atoms with Crippen LogP contribution >= 0.6 is 0 Å². The molecule has 3 rings (SSSR count). The van der Waals surface area contributed by atoms with Crippen LogP contribution in [0.2, 0.25) is 0 Å². The van der Waals surface area contributed by atoms with Crippen LogP contribution in [0.5, 0.6) is 0 Å². The van der Waals surface area contributed by atoms with E-state index in [9.17, 15) is 14.4 Å². The largest absolute Gasteiger partial charge is 0.327 e. The summed E-state index contributed by atoms with van der Waals surface area (Å²) >= 11 is 0. The van der Waals surface area contributed by atoms with E-state index >= 15 is 0 Å². The van der Waals surface area contributed by atoms with Crippen molar-refractivity contribution in [2.75, 3.05) is 5.32 Å². The summed E-state index contributed by atoms with van der Waals surface area (Å²) in [6.07, 6.45) is 0. The summed E-state index contributed by atoms with van der Waals surface area (Å²) in [6.45, 7) is 0. The summed E-state index contributed by atoms with van der Waals surface area (Å²) in [5, 5.41) is 2.61. The number of carbonyl (C=O) groups excluding carboxylic acids is 1. The van der Waals surface area contributed by atoms with Crippen LogP contribution in [0.3, 0.4) is 0 Å². The highest BCUT2D eigenvalue weighted by molar-refractivity contribution is 5.97. The first-order valence-corrected chi connectivity index (χ1v) is 7.38. The second kappa shape index (κ2) is 6.78. The second-order valence-electron chi connectivity index (χ2n) is 5.25. The summed E-state index contributed by atoms with van der Waals surface area (Å²) in [5.74, 6) is -0.838. The van der Waals surface area contributed by atoms with Crippen molar-refractivity contribution in [1.29, 1.82) is 0 Å². The van der Waals surface area contributed by atoms with E-state index < -0.39 is 17.2 Å². The van der Waals surface area contributed by atoms with E-state index in [-0.39, 0.29) is 11.7 Å². The molecule has 24 heavy (non-hydrogen) atoms. The number of rotatable bonds is 4. The molecule has 0 saturated carbocycles. The maximum Gasteiger partial charge on any atom is 0.327 e. The van der Waals surface area contributed by atoms with Gasteiger partial charge in [-0.3, -0.25) is 19.6 Å². The molecule has 0 spiro atoms. The summed E-state index contributed by atoms with van der Waals surface area (Å²) < 4.78 is 0. The van der Waals surface area contributed by atoms with Gasteiger partial charge in [-0.05, 0) is 11.1 Å². The van der Waals surface area contributed by atoms with Gasteiger partial charge < -0.3 is 5.32 Å². The van der Waals surface area contributed by atoms with Crippen LogP contribution in [0.25, 0.3) is 0 Å². The fourth-order valence-electron chi connectivity index (χ4n) is 2.53. The smallest absolute Gasteiger partial charge is 0.311 e. The first-order chi connectivity index (χ1) is 11.6. The Bertz CT molecular complexity index is 878. The topological polar surface area (TPSA) is 94.8 Å². The molecule has 1 aromatic heterocycles. The van der Waals surface area contributed by atoms with Crippen molar-refractivity contribution in [1.82, 2.24) is 9.97 Å². The van der Waals surface area contributed by atoms with Gasteiger partial charge in [0.1, 0.15) is 5.82 Å². The van der Waals surface area contributed by atoms with Gasteiger partial charge in [0.25, 0.3) is 5.56 Å². The molecular weight excluding hydrogens is 306 g/mol. The molecule has 6 heteroatoms. The molecule has 1 amide bonds. The third-order valence-corrected chi connectivity index (χ3v) is 3.55. The van der Waals surface area contributed by atoms with Crippen molar-refractivity contribution in [3.63, 3.8) is 0 Å². The van der Waals surface area contributed by atoms with Gasteiger partial charge in [0.05, 0.1) is 5.92 Å². The van der Waals surface area contributed by atoms with Gasteiger partial charge in [0.2, 0.25) is 5.91 Å². The van der Waals surface area contributed by atoms with Crippen molar-refractivity contribution in [3.05, 3.63) is 98.7 Å². The van der Waals surface area contributed by atoms with Crippen molar-refractivity contribution in [2.45, 2.75) is 5.92 Å². The third-order valence-electron chi connectivity index (χ3n) is 3.55. The quantitative estimate of drug-likeness (QED) is 0.684. The van der Waals surface area contributed by atoms with E-state index in [1.165, 1.54) is 0 Å². The Balaban J connectivity index is 1.98. The number of carbonyl (C=O) groups is 1. The molecule has 1 heterocycles. The lowest BCUT2D eigenvalue weighted by Crippen LogP contribution is -2.27. The first kappa shape index (κ1) is 15.5. The Hall–Kier alpha value is -3.41. The summed E-state index contributed by atoms with van der Waals surface area (Å²) in [6, 6.07) is 19.7. The summed E-state index contributed by atoms with van der Waals surface area (Å²) in [7, 11) is 0. The van der Waals surface area contributed by atoms with Crippen LogP contribution in [0.1, 0.15) is 17.0 Å². The average Bonchev–Trinajstić information content (AvgIpc) is 2.56. The zero-order valence-electron chi connectivity index (χ0n) is 12.7. The Morgan fingerprint density at radius 3 is 1.88 bits per heavy atom. The Morgan fingerprint density at radius 2 is 1.38 bits per heavy atom. The predicted octanol–water partition coefficient (Wildman–Crippen LogP) is 1.83. The van der Waals surface area contributed by atoms with E-state index in [2.05, 4.69) is 15.3 Å². The standard InChI is InChI=1S/C18H15N3O3/c22-15-11-14(20-18(24)21-15)19-17(23)16(12-7-3-1-4-8-12)13-9-5-2-6-10-13/h1-11,16H,(H3,19,20,21,22,23,24). The number of benzene rings is 2. The molecule has 0 radical (unpaired) electrons. The average molecular weight is 321 g/mol. The van der Waals surface area contributed by atoms with E-state index in [0.29, 0.717) is 0 Å². The molecule has 120 valence electrons. The highest BCUT2D eigenvalue weighted by atomic mass is 16.2. The molecule has 0 aliphatic heterocycles. The number of aromatic nitrogens is 2. The Morgan fingerprint density at radius 1 is 0.833 bits per heavy atom. The minimum atomic E-state index is -0.672. The molecule has 6 nitrogen and oxygen atoms in total. The molecule has 3 N–H and O–H groups in total.